The first-order valence-corrected chi connectivity index (χ1v) is 6.44. The molecule has 6 heteroatoms. The number of rotatable bonds is 7. The van der Waals surface area contributed by atoms with Crippen LogP contribution in [0.1, 0.15) is 17.7 Å². The van der Waals surface area contributed by atoms with Crippen LogP contribution in [0.25, 0.3) is 0 Å². The molecule has 4 nitrogen and oxygen atoms in total. The zero-order chi connectivity index (χ0) is 12.0. The number of halogens is 1. The lowest BCUT2D eigenvalue weighted by Gasteiger charge is -2.14. The van der Waals surface area contributed by atoms with Crippen LogP contribution in [0.4, 0.5) is 0 Å². The maximum absolute atomic E-state index is 10.5. The molecule has 0 aromatic carbocycles. The summed E-state index contributed by atoms with van der Waals surface area (Å²) < 4.78 is 1.01. The molecule has 0 bridgehead atoms. The van der Waals surface area contributed by atoms with Gasteiger partial charge in [0.1, 0.15) is 0 Å². The average molecular weight is 306 g/mol. The summed E-state index contributed by atoms with van der Waals surface area (Å²) in [5.74, 6) is -0.844. The Morgan fingerprint density at radius 1 is 1.69 bits per heavy atom. The Balaban J connectivity index is 2.53. The summed E-state index contributed by atoms with van der Waals surface area (Å²) in [5.41, 5.74) is 0. The van der Waals surface area contributed by atoms with Gasteiger partial charge in [-0.05, 0) is 33.8 Å². The van der Waals surface area contributed by atoms with Gasteiger partial charge in [0.2, 0.25) is 6.41 Å². The van der Waals surface area contributed by atoms with E-state index in [4.69, 9.17) is 5.11 Å². The SMILES string of the molecule is O=CNC(CCC(=O)O)Cc1sccc1Br. The zero-order valence-corrected chi connectivity index (χ0v) is 10.9. The van der Waals surface area contributed by atoms with Gasteiger partial charge >= 0.3 is 5.97 Å². The Labute approximate surface area is 106 Å². The van der Waals surface area contributed by atoms with Crippen LogP contribution in [-0.2, 0) is 16.0 Å². The van der Waals surface area contributed by atoms with E-state index in [1.54, 1.807) is 11.3 Å². The van der Waals surface area contributed by atoms with Crippen molar-refractivity contribution < 1.29 is 14.7 Å². The van der Waals surface area contributed by atoms with Crippen molar-refractivity contribution in [3.05, 3.63) is 20.8 Å². The number of carbonyl (C=O) groups is 2. The Kier molecular flexibility index (Phi) is 5.48. The first kappa shape index (κ1) is 13.2. The van der Waals surface area contributed by atoms with Gasteiger partial charge in [0.05, 0.1) is 0 Å². The molecule has 1 atom stereocenters. The van der Waals surface area contributed by atoms with Crippen molar-refractivity contribution in [1.82, 2.24) is 5.32 Å². The summed E-state index contributed by atoms with van der Waals surface area (Å²) in [5, 5.41) is 13.2. The van der Waals surface area contributed by atoms with Crippen LogP contribution in [0.5, 0.6) is 0 Å². The fraction of sp³-hybridized carbons (Fsp3) is 0.400. The highest BCUT2D eigenvalue weighted by atomic mass is 79.9. The number of amides is 1. The molecule has 1 heterocycles. The van der Waals surface area contributed by atoms with E-state index in [9.17, 15) is 9.59 Å². The molecule has 0 spiro atoms. The fourth-order valence-corrected chi connectivity index (χ4v) is 2.93. The number of nitrogens with one attached hydrogen (secondary N) is 1. The lowest BCUT2D eigenvalue weighted by Crippen LogP contribution is -2.30. The van der Waals surface area contributed by atoms with Crippen LogP contribution in [0.3, 0.4) is 0 Å². The molecule has 0 aliphatic heterocycles. The van der Waals surface area contributed by atoms with E-state index in [1.807, 2.05) is 11.4 Å². The quantitative estimate of drug-likeness (QED) is 0.758. The normalized spacial score (nSPS) is 12.1. The molecule has 0 radical (unpaired) electrons. The molecule has 0 saturated heterocycles. The third-order valence-corrected chi connectivity index (χ3v) is 4.08. The fourth-order valence-electron chi connectivity index (χ4n) is 1.33. The van der Waals surface area contributed by atoms with Crippen molar-refractivity contribution in [3.8, 4) is 0 Å². The first-order chi connectivity index (χ1) is 7.63. The second-order valence-corrected chi connectivity index (χ2v) is 5.16. The van der Waals surface area contributed by atoms with Gasteiger partial charge in [-0.3, -0.25) is 9.59 Å². The van der Waals surface area contributed by atoms with Crippen LogP contribution in [0.15, 0.2) is 15.9 Å². The number of carbonyl (C=O) groups excluding carboxylic acids is 1. The maximum atomic E-state index is 10.5. The Hall–Kier alpha value is -0.880. The number of thiophene rings is 1. The lowest BCUT2D eigenvalue weighted by molar-refractivity contribution is -0.137. The second kappa shape index (κ2) is 6.65. The van der Waals surface area contributed by atoms with Crippen molar-refractivity contribution >= 4 is 39.6 Å². The number of aliphatic carboxylic acids is 1. The highest BCUT2D eigenvalue weighted by Gasteiger charge is 2.13. The molecule has 1 rings (SSSR count). The first-order valence-electron chi connectivity index (χ1n) is 4.77. The molecular weight excluding hydrogens is 294 g/mol. The molecule has 0 saturated carbocycles. The lowest BCUT2D eigenvalue weighted by atomic mass is 10.1. The molecule has 2 N–H and O–H groups in total. The van der Waals surface area contributed by atoms with Crippen LogP contribution in [0.2, 0.25) is 0 Å². The molecule has 1 unspecified atom stereocenters. The standard InChI is InChI=1S/C10H12BrNO3S/c11-8-3-4-16-9(8)5-7(12-6-13)1-2-10(14)15/h3-4,6-7H,1-2,5H2,(H,12,13)(H,14,15). The van der Waals surface area contributed by atoms with Crippen LogP contribution < -0.4 is 5.32 Å². The third kappa shape index (κ3) is 4.32. The molecule has 88 valence electrons. The van der Waals surface area contributed by atoms with E-state index in [0.717, 1.165) is 9.35 Å². The van der Waals surface area contributed by atoms with E-state index >= 15 is 0 Å². The predicted octanol–water partition coefficient (Wildman–Crippen LogP) is 2.03. The molecule has 16 heavy (non-hydrogen) atoms. The largest absolute Gasteiger partial charge is 0.481 e. The van der Waals surface area contributed by atoms with E-state index < -0.39 is 5.97 Å². The molecule has 0 aliphatic carbocycles. The van der Waals surface area contributed by atoms with Gasteiger partial charge in [-0.2, -0.15) is 0 Å². The molecule has 1 aromatic rings. The third-order valence-electron chi connectivity index (χ3n) is 2.13. The van der Waals surface area contributed by atoms with Crippen LogP contribution in [-0.4, -0.2) is 23.5 Å². The zero-order valence-electron chi connectivity index (χ0n) is 8.48. The van der Waals surface area contributed by atoms with Gasteiger partial charge in [0.25, 0.3) is 0 Å². The van der Waals surface area contributed by atoms with Crippen LogP contribution >= 0.6 is 27.3 Å². The van der Waals surface area contributed by atoms with E-state index in [0.29, 0.717) is 19.3 Å². The van der Waals surface area contributed by atoms with Gasteiger partial charge in [-0.1, -0.05) is 0 Å². The highest BCUT2D eigenvalue weighted by molar-refractivity contribution is 9.10. The Bertz CT molecular complexity index is 367. The minimum absolute atomic E-state index is 0.0640. The van der Waals surface area contributed by atoms with E-state index in [2.05, 4.69) is 21.2 Å². The number of carboxylic acid groups (broad SMARTS) is 1. The highest BCUT2D eigenvalue weighted by Crippen LogP contribution is 2.24. The number of hydrogen-bond acceptors (Lipinski definition) is 3. The summed E-state index contributed by atoms with van der Waals surface area (Å²) >= 11 is 4.99. The van der Waals surface area contributed by atoms with Crippen LogP contribution in [0, 0.1) is 0 Å². The van der Waals surface area contributed by atoms with Crippen molar-refractivity contribution in [2.75, 3.05) is 0 Å². The number of carboxylic acids is 1. The van der Waals surface area contributed by atoms with Gasteiger partial charge in [0, 0.05) is 28.2 Å². The van der Waals surface area contributed by atoms with Crippen molar-refractivity contribution in [2.24, 2.45) is 0 Å². The number of hydrogen-bond donors (Lipinski definition) is 2. The monoisotopic (exact) mass is 305 g/mol. The molecule has 0 aliphatic rings. The van der Waals surface area contributed by atoms with E-state index in [-0.39, 0.29) is 12.5 Å². The van der Waals surface area contributed by atoms with Gasteiger partial charge in [-0.15, -0.1) is 11.3 Å². The predicted molar refractivity (Wildman–Crippen MR) is 65.6 cm³/mol. The Morgan fingerprint density at radius 2 is 2.44 bits per heavy atom. The summed E-state index contributed by atoms with van der Waals surface area (Å²) in [6, 6.07) is 1.82. The second-order valence-electron chi connectivity index (χ2n) is 3.31. The summed E-state index contributed by atoms with van der Waals surface area (Å²) in [7, 11) is 0. The Morgan fingerprint density at radius 3 is 2.94 bits per heavy atom. The molecular formula is C10H12BrNO3S. The summed E-state index contributed by atoms with van der Waals surface area (Å²) in [4.78, 5) is 22.0. The minimum Gasteiger partial charge on any atom is -0.481 e. The van der Waals surface area contributed by atoms with E-state index in [1.165, 1.54) is 0 Å². The van der Waals surface area contributed by atoms with Crippen molar-refractivity contribution in [2.45, 2.75) is 25.3 Å². The molecule has 0 fully saturated rings. The summed E-state index contributed by atoms with van der Waals surface area (Å²) in [6.45, 7) is 0. The van der Waals surface area contributed by atoms with Gasteiger partial charge in [-0.25, -0.2) is 0 Å². The maximum Gasteiger partial charge on any atom is 0.303 e. The van der Waals surface area contributed by atoms with Gasteiger partial charge < -0.3 is 10.4 Å². The van der Waals surface area contributed by atoms with Crippen molar-refractivity contribution in [1.29, 1.82) is 0 Å². The smallest absolute Gasteiger partial charge is 0.303 e. The minimum atomic E-state index is -0.844. The van der Waals surface area contributed by atoms with Gasteiger partial charge in [0.15, 0.2) is 0 Å². The van der Waals surface area contributed by atoms with Crippen molar-refractivity contribution in [3.63, 3.8) is 0 Å². The summed E-state index contributed by atoms with van der Waals surface area (Å²) in [6.07, 6.45) is 1.78. The average Bonchev–Trinajstić information content (AvgIpc) is 2.61. The molecule has 1 amide bonds. The molecule has 1 aromatic heterocycles. The topological polar surface area (TPSA) is 66.4 Å².